The van der Waals surface area contributed by atoms with Gasteiger partial charge in [0, 0.05) is 6.04 Å². The second kappa shape index (κ2) is 7.58. The summed E-state index contributed by atoms with van der Waals surface area (Å²) >= 11 is 1.28. The molecule has 2 heterocycles. The van der Waals surface area contributed by atoms with Crippen LogP contribution in [0.25, 0.3) is 0 Å². The summed E-state index contributed by atoms with van der Waals surface area (Å²) < 4.78 is 7.14. The third-order valence-corrected chi connectivity index (χ3v) is 4.74. The Bertz CT molecular complexity index is 623. The van der Waals surface area contributed by atoms with E-state index in [0.717, 1.165) is 12.8 Å². The summed E-state index contributed by atoms with van der Waals surface area (Å²) in [7, 11) is 0. The van der Waals surface area contributed by atoms with Crippen LogP contribution in [0.3, 0.4) is 0 Å². The van der Waals surface area contributed by atoms with E-state index in [1.54, 1.807) is 11.0 Å². The van der Waals surface area contributed by atoms with Crippen molar-refractivity contribution in [2.75, 3.05) is 0 Å². The van der Waals surface area contributed by atoms with Crippen LogP contribution in [-0.4, -0.2) is 42.2 Å². The van der Waals surface area contributed by atoms with E-state index < -0.39 is 0 Å². The number of hydrogen-bond acceptors (Lipinski definition) is 7. The first-order chi connectivity index (χ1) is 11.2. The third-order valence-electron chi connectivity index (χ3n) is 3.81. The van der Waals surface area contributed by atoms with Gasteiger partial charge in [0.15, 0.2) is 0 Å². The lowest BCUT2D eigenvalue weighted by atomic mass is 9.95. The van der Waals surface area contributed by atoms with E-state index in [1.165, 1.54) is 37.4 Å². The van der Waals surface area contributed by atoms with Crippen LogP contribution in [0, 0.1) is 0 Å². The van der Waals surface area contributed by atoms with Gasteiger partial charge in [0.25, 0.3) is 5.22 Å². The van der Waals surface area contributed by atoms with Gasteiger partial charge in [0.2, 0.25) is 11.8 Å². The van der Waals surface area contributed by atoms with Gasteiger partial charge in [0.1, 0.15) is 19.2 Å². The van der Waals surface area contributed by atoms with Crippen molar-refractivity contribution in [2.24, 2.45) is 0 Å². The van der Waals surface area contributed by atoms with Crippen molar-refractivity contribution in [1.82, 2.24) is 30.3 Å². The van der Waals surface area contributed by atoms with E-state index in [9.17, 15) is 4.79 Å². The highest BCUT2D eigenvalue weighted by atomic mass is 32.2. The molecular weight excluding hydrogens is 316 g/mol. The van der Waals surface area contributed by atoms with Crippen molar-refractivity contribution in [3.8, 4) is 0 Å². The monoisotopic (exact) mass is 336 g/mol. The van der Waals surface area contributed by atoms with Crippen molar-refractivity contribution >= 4 is 17.7 Å². The second-order valence-corrected chi connectivity index (χ2v) is 6.95. The minimum Gasteiger partial charge on any atom is -0.414 e. The fourth-order valence-corrected chi connectivity index (χ4v) is 3.28. The minimum absolute atomic E-state index is 0.0259. The zero-order valence-corrected chi connectivity index (χ0v) is 13.8. The van der Waals surface area contributed by atoms with Gasteiger partial charge >= 0.3 is 0 Å². The van der Waals surface area contributed by atoms with Crippen molar-refractivity contribution in [1.29, 1.82) is 0 Å². The highest BCUT2D eigenvalue weighted by Crippen LogP contribution is 2.23. The zero-order chi connectivity index (χ0) is 16.1. The second-order valence-electron chi connectivity index (χ2n) is 5.66. The molecule has 3 rings (SSSR count). The molecule has 1 N–H and O–H groups in total. The van der Waals surface area contributed by atoms with E-state index in [4.69, 9.17) is 4.42 Å². The number of amides is 1. The maximum Gasteiger partial charge on any atom is 0.277 e. The Kier molecular flexibility index (Phi) is 5.27. The number of thioether (sulfide) groups is 1. The lowest BCUT2D eigenvalue weighted by molar-refractivity contribution is -0.121. The number of rotatable bonds is 6. The molecule has 0 unspecified atom stereocenters. The highest BCUT2D eigenvalue weighted by Gasteiger charge is 2.22. The lowest BCUT2D eigenvalue weighted by Crippen LogP contribution is -2.40. The Morgan fingerprint density at radius 1 is 1.43 bits per heavy atom. The SMILES string of the molecule is C[C@@H](Sc1nnc(Cn2cncn2)o1)C(=O)NC1CCCCC1. The molecule has 1 atom stereocenters. The van der Waals surface area contributed by atoms with Crippen LogP contribution < -0.4 is 5.32 Å². The Hall–Kier alpha value is -1.90. The smallest absolute Gasteiger partial charge is 0.277 e. The van der Waals surface area contributed by atoms with Crippen LogP contribution in [0.2, 0.25) is 0 Å². The maximum absolute atomic E-state index is 12.2. The molecule has 23 heavy (non-hydrogen) atoms. The highest BCUT2D eigenvalue weighted by molar-refractivity contribution is 8.00. The average molecular weight is 336 g/mol. The minimum atomic E-state index is -0.267. The van der Waals surface area contributed by atoms with Crippen LogP contribution in [0.15, 0.2) is 22.3 Å². The summed E-state index contributed by atoms with van der Waals surface area (Å²) in [6.45, 7) is 2.22. The summed E-state index contributed by atoms with van der Waals surface area (Å²) in [5, 5.41) is 15.2. The van der Waals surface area contributed by atoms with Crippen LogP contribution in [0.1, 0.15) is 44.9 Å². The van der Waals surface area contributed by atoms with Gasteiger partial charge in [-0.3, -0.25) is 4.79 Å². The maximum atomic E-state index is 12.2. The molecule has 2 aromatic heterocycles. The summed E-state index contributed by atoms with van der Waals surface area (Å²) in [5.41, 5.74) is 0. The predicted molar refractivity (Wildman–Crippen MR) is 83.8 cm³/mol. The normalized spacial score (nSPS) is 17.1. The number of aromatic nitrogens is 5. The molecule has 8 nitrogen and oxygen atoms in total. The van der Waals surface area contributed by atoms with E-state index >= 15 is 0 Å². The van der Waals surface area contributed by atoms with Crippen molar-refractivity contribution in [3.63, 3.8) is 0 Å². The van der Waals surface area contributed by atoms with E-state index in [0.29, 0.717) is 23.7 Å². The fourth-order valence-electron chi connectivity index (χ4n) is 2.57. The van der Waals surface area contributed by atoms with Gasteiger partial charge in [-0.05, 0) is 19.8 Å². The topological polar surface area (TPSA) is 98.7 Å². The van der Waals surface area contributed by atoms with E-state index in [-0.39, 0.29) is 11.2 Å². The Labute approximate surface area is 138 Å². The Morgan fingerprint density at radius 2 is 2.26 bits per heavy atom. The molecule has 1 amide bonds. The fraction of sp³-hybridized carbons (Fsp3) is 0.643. The quantitative estimate of drug-likeness (QED) is 0.801. The van der Waals surface area contributed by atoms with Gasteiger partial charge in [-0.2, -0.15) is 5.10 Å². The molecule has 1 fully saturated rings. The van der Waals surface area contributed by atoms with Gasteiger partial charge in [-0.15, -0.1) is 10.2 Å². The Balaban J connectivity index is 1.49. The molecule has 0 saturated heterocycles. The van der Waals surface area contributed by atoms with Crippen LogP contribution >= 0.6 is 11.8 Å². The van der Waals surface area contributed by atoms with Crippen molar-refractivity contribution in [3.05, 3.63) is 18.5 Å². The molecule has 0 aliphatic heterocycles. The summed E-state index contributed by atoms with van der Waals surface area (Å²) in [4.78, 5) is 16.1. The van der Waals surface area contributed by atoms with Crippen LogP contribution in [-0.2, 0) is 11.3 Å². The number of carbonyl (C=O) groups is 1. The molecular formula is C14H20N6O2S. The third kappa shape index (κ3) is 4.54. The molecule has 124 valence electrons. The summed E-state index contributed by atoms with van der Waals surface area (Å²) in [6.07, 6.45) is 8.84. The molecule has 0 bridgehead atoms. The Morgan fingerprint density at radius 3 is 3.00 bits per heavy atom. The zero-order valence-electron chi connectivity index (χ0n) is 13.0. The van der Waals surface area contributed by atoms with Gasteiger partial charge in [0.05, 0.1) is 5.25 Å². The standard InChI is InChI=1S/C14H20N6O2S/c1-10(13(21)17-11-5-3-2-4-6-11)23-14-19-18-12(22-14)7-20-9-15-8-16-20/h8-11H,2-7H2,1H3,(H,17,21)/t10-/m1/s1. The van der Waals surface area contributed by atoms with E-state index in [2.05, 4.69) is 25.6 Å². The first-order valence-electron chi connectivity index (χ1n) is 7.82. The lowest BCUT2D eigenvalue weighted by Gasteiger charge is -2.23. The molecule has 2 aromatic rings. The number of nitrogens with zero attached hydrogens (tertiary/aromatic N) is 5. The van der Waals surface area contributed by atoms with Gasteiger partial charge in [-0.25, -0.2) is 9.67 Å². The number of carbonyl (C=O) groups excluding carboxylic acids is 1. The molecule has 0 aromatic carbocycles. The number of nitrogens with one attached hydrogen (secondary N) is 1. The van der Waals surface area contributed by atoms with Gasteiger partial charge < -0.3 is 9.73 Å². The first-order valence-corrected chi connectivity index (χ1v) is 8.70. The summed E-state index contributed by atoms with van der Waals surface area (Å²) in [5.74, 6) is 0.468. The number of hydrogen-bond donors (Lipinski definition) is 1. The molecule has 1 aliphatic rings. The summed E-state index contributed by atoms with van der Waals surface area (Å²) in [6, 6.07) is 0.310. The largest absolute Gasteiger partial charge is 0.414 e. The molecule has 1 saturated carbocycles. The molecule has 9 heteroatoms. The predicted octanol–water partition coefficient (Wildman–Crippen LogP) is 1.64. The van der Waals surface area contributed by atoms with E-state index in [1.807, 2.05) is 6.92 Å². The molecule has 0 spiro atoms. The average Bonchev–Trinajstić information content (AvgIpc) is 3.21. The van der Waals surface area contributed by atoms with Crippen molar-refractivity contribution < 1.29 is 9.21 Å². The molecule has 0 radical (unpaired) electrons. The first kappa shape index (κ1) is 16.0. The van der Waals surface area contributed by atoms with Crippen LogP contribution in [0.4, 0.5) is 0 Å². The van der Waals surface area contributed by atoms with Gasteiger partial charge in [-0.1, -0.05) is 31.0 Å². The molecule has 1 aliphatic carbocycles. The van der Waals surface area contributed by atoms with Crippen LogP contribution in [0.5, 0.6) is 0 Å². The van der Waals surface area contributed by atoms with Crippen molar-refractivity contribution in [2.45, 2.75) is 62.1 Å².